The van der Waals surface area contributed by atoms with Crippen molar-refractivity contribution in [2.75, 3.05) is 33.4 Å². The van der Waals surface area contributed by atoms with Gasteiger partial charge in [0.2, 0.25) is 0 Å². The Hall–Kier alpha value is -1.12. The Kier molecular flexibility index (Phi) is 8.88. The average molecular weight is 408 g/mol. The molecule has 1 aliphatic heterocycles. The standard InChI is InChI=1S/C16H21N3O3S.2ClH/c1-21-11-16(4-6-17-7-5-16)10-19-14(20)13-9-18-15(23-13)12-3-2-8-22-12;;/h2-3,8-9,17H,4-7,10-11H2,1H3,(H,19,20);2*1H. The maximum atomic E-state index is 12.4. The summed E-state index contributed by atoms with van der Waals surface area (Å²) in [6.07, 6.45) is 5.20. The van der Waals surface area contributed by atoms with E-state index >= 15 is 0 Å². The van der Waals surface area contributed by atoms with Crippen LogP contribution in [0.1, 0.15) is 22.5 Å². The number of furan rings is 1. The lowest BCUT2D eigenvalue weighted by Crippen LogP contribution is -2.47. The van der Waals surface area contributed by atoms with E-state index in [1.807, 2.05) is 12.1 Å². The summed E-state index contributed by atoms with van der Waals surface area (Å²) in [5.41, 5.74) is 0.0180. The molecule has 0 aliphatic carbocycles. The second-order valence-electron chi connectivity index (χ2n) is 5.87. The predicted octanol–water partition coefficient (Wildman–Crippen LogP) is 2.99. The normalized spacial score (nSPS) is 15.7. The summed E-state index contributed by atoms with van der Waals surface area (Å²) in [6, 6.07) is 3.64. The molecule has 1 fully saturated rings. The van der Waals surface area contributed by atoms with Crippen molar-refractivity contribution in [2.45, 2.75) is 12.8 Å². The molecular formula is C16H23Cl2N3O3S. The Morgan fingerprint density at radius 3 is 2.84 bits per heavy atom. The number of aromatic nitrogens is 1. The van der Waals surface area contributed by atoms with Gasteiger partial charge in [0.25, 0.3) is 5.91 Å². The minimum atomic E-state index is -0.0886. The van der Waals surface area contributed by atoms with Crippen LogP contribution in [-0.4, -0.2) is 44.2 Å². The molecule has 25 heavy (non-hydrogen) atoms. The molecule has 140 valence electrons. The smallest absolute Gasteiger partial charge is 0.263 e. The SMILES string of the molecule is COCC1(CNC(=O)c2cnc(-c3ccco3)s2)CCNCC1.Cl.Cl. The largest absolute Gasteiger partial charge is 0.462 e. The zero-order valence-corrected chi connectivity index (χ0v) is 16.4. The van der Waals surface area contributed by atoms with Gasteiger partial charge in [0.15, 0.2) is 10.8 Å². The van der Waals surface area contributed by atoms with Crippen molar-refractivity contribution in [1.82, 2.24) is 15.6 Å². The van der Waals surface area contributed by atoms with Crippen LogP contribution in [0.25, 0.3) is 10.8 Å². The summed E-state index contributed by atoms with van der Waals surface area (Å²) >= 11 is 1.34. The van der Waals surface area contributed by atoms with Crippen LogP contribution in [-0.2, 0) is 4.74 Å². The molecule has 0 unspecified atom stereocenters. The fourth-order valence-corrected chi connectivity index (χ4v) is 3.68. The number of piperidine rings is 1. The molecule has 1 amide bonds. The molecule has 0 saturated carbocycles. The van der Waals surface area contributed by atoms with Crippen LogP contribution in [0, 0.1) is 5.41 Å². The molecule has 0 atom stereocenters. The third-order valence-corrected chi connectivity index (χ3v) is 5.21. The first-order valence-corrected chi connectivity index (χ1v) is 8.52. The Morgan fingerprint density at radius 1 is 1.44 bits per heavy atom. The number of carbonyl (C=O) groups is 1. The van der Waals surface area contributed by atoms with Crippen LogP contribution < -0.4 is 10.6 Å². The van der Waals surface area contributed by atoms with Gasteiger partial charge in [0, 0.05) is 19.1 Å². The van der Waals surface area contributed by atoms with Gasteiger partial charge in [-0.25, -0.2) is 4.98 Å². The summed E-state index contributed by atoms with van der Waals surface area (Å²) in [4.78, 5) is 17.2. The zero-order valence-electron chi connectivity index (χ0n) is 13.9. The van der Waals surface area contributed by atoms with Crippen LogP contribution in [0.5, 0.6) is 0 Å². The van der Waals surface area contributed by atoms with Crippen LogP contribution in [0.2, 0.25) is 0 Å². The summed E-state index contributed by atoms with van der Waals surface area (Å²) in [6.45, 7) is 3.20. The van der Waals surface area contributed by atoms with Gasteiger partial charge in [0.1, 0.15) is 4.88 Å². The highest BCUT2D eigenvalue weighted by atomic mass is 35.5. The van der Waals surface area contributed by atoms with Crippen LogP contribution >= 0.6 is 36.2 Å². The zero-order chi connectivity index (χ0) is 16.1. The molecule has 2 N–H and O–H groups in total. The Bertz CT molecular complexity index is 637. The molecule has 2 aromatic heterocycles. The fraction of sp³-hybridized carbons (Fsp3) is 0.500. The summed E-state index contributed by atoms with van der Waals surface area (Å²) < 4.78 is 10.7. The number of hydrogen-bond acceptors (Lipinski definition) is 6. The number of halogens is 2. The van der Waals surface area contributed by atoms with Crippen molar-refractivity contribution < 1.29 is 13.9 Å². The van der Waals surface area contributed by atoms with Gasteiger partial charge < -0.3 is 19.8 Å². The molecule has 1 aliphatic rings. The third kappa shape index (κ3) is 5.43. The highest BCUT2D eigenvalue weighted by molar-refractivity contribution is 7.16. The molecule has 3 heterocycles. The summed E-state index contributed by atoms with van der Waals surface area (Å²) in [7, 11) is 1.71. The van der Waals surface area contributed by atoms with Gasteiger partial charge in [0.05, 0.1) is 19.1 Å². The van der Waals surface area contributed by atoms with Crippen molar-refractivity contribution >= 4 is 42.1 Å². The second-order valence-corrected chi connectivity index (χ2v) is 6.90. The lowest BCUT2D eigenvalue weighted by Gasteiger charge is -2.37. The molecule has 0 bridgehead atoms. The number of thiazole rings is 1. The third-order valence-electron chi connectivity index (χ3n) is 4.20. The minimum absolute atomic E-state index is 0. The molecule has 0 radical (unpaired) electrons. The number of amides is 1. The van der Waals surface area contributed by atoms with Crippen LogP contribution in [0.3, 0.4) is 0 Å². The molecule has 2 aromatic rings. The van der Waals surface area contributed by atoms with Gasteiger partial charge in [-0.3, -0.25) is 4.79 Å². The second kappa shape index (κ2) is 10.1. The van der Waals surface area contributed by atoms with E-state index in [1.54, 1.807) is 19.6 Å². The van der Waals surface area contributed by atoms with E-state index < -0.39 is 0 Å². The minimum Gasteiger partial charge on any atom is -0.462 e. The summed E-state index contributed by atoms with van der Waals surface area (Å²) in [5, 5.41) is 7.11. The first-order chi connectivity index (χ1) is 11.2. The van der Waals surface area contributed by atoms with Crippen LogP contribution in [0.4, 0.5) is 0 Å². The van der Waals surface area contributed by atoms with Gasteiger partial charge in [-0.1, -0.05) is 0 Å². The van der Waals surface area contributed by atoms with Gasteiger partial charge in [-0.15, -0.1) is 36.2 Å². The lowest BCUT2D eigenvalue weighted by atomic mass is 9.79. The number of carbonyl (C=O) groups excluding carboxylic acids is 1. The van der Waals surface area contributed by atoms with Gasteiger partial charge in [-0.2, -0.15) is 0 Å². The van der Waals surface area contributed by atoms with Gasteiger partial charge >= 0.3 is 0 Å². The van der Waals surface area contributed by atoms with Crippen molar-refractivity contribution in [3.05, 3.63) is 29.5 Å². The van der Waals surface area contributed by atoms with Crippen LogP contribution in [0.15, 0.2) is 29.0 Å². The molecule has 0 aromatic carbocycles. The number of nitrogens with one attached hydrogen (secondary N) is 2. The fourth-order valence-electron chi connectivity index (χ4n) is 2.88. The Balaban J connectivity index is 0.00000156. The first-order valence-electron chi connectivity index (χ1n) is 7.70. The number of nitrogens with zero attached hydrogens (tertiary/aromatic N) is 1. The Morgan fingerprint density at radius 2 is 2.20 bits per heavy atom. The maximum Gasteiger partial charge on any atom is 0.263 e. The van der Waals surface area contributed by atoms with E-state index in [-0.39, 0.29) is 36.1 Å². The predicted molar refractivity (Wildman–Crippen MR) is 103 cm³/mol. The number of hydrogen-bond donors (Lipinski definition) is 2. The van der Waals surface area contributed by atoms with E-state index in [4.69, 9.17) is 9.15 Å². The lowest BCUT2D eigenvalue weighted by molar-refractivity contribution is 0.0512. The highest BCUT2D eigenvalue weighted by Gasteiger charge is 2.32. The number of methoxy groups -OCH3 is 1. The van der Waals surface area contributed by atoms with Crippen molar-refractivity contribution in [1.29, 1.82) is 0 Å². The number of ether oxygens (including phenoxy) is 1. The molecule has 6 nitrogen and oxygen atoms in total. The van der Waals surface area contributed by atoms with E-state index in [0.717, 1.165) is 25.9 Å². The van der Waals surface area contributed by atoms with Crippen molar-refractivity contribution in [3.63, 3.8) is 0 Å². The van der Waals surface area contributed by atoms with E-state index in [1.165, 1.54) is 11.3 Å². The maximum absolute atomic E-state index is 12.4. The monoisotopic (exact) mass is 407 g/mol. The van der Waals surface area contributed by atoms with Crippen molar-refractivity contribution in [3.8, 4) is 10.8 Å². The molecular weight excluding hydrogens is 385 g/mol. The Labute approximate surface area is 163 Å². The average Bonchev–Trinajstić information content (AvgIpc) is 3.25. The topological polar surface area (TPSA) is 76.4 Å². The molecule has 3 rings (SSSR count). The highest BCUT2D eigenvalue weighted by Crippen LogP contribution is 2.29. The van der Waals surface area contributed by atoms with Crippen molar-refractivity contribution in [2.24, 2.45) is 5.41 Å². The van der Waals surface area contributed by atoms with E-state index in [2.05, 4.69) is 15.6 Å². The molecule has 1 saturated heterocycles. The number of rotatable bonds is 6. The molecule has 0 spiro atoms. The first kappa shape index (κ1) is 21.9. The quantitative estimate of drug-likeness (QED) is 0.769. The van der Waals surface area contributed by atoms with E-state index in [9.17, 15) is 4.79 Å². The van der Waals surface area contributed by atoms with E-state index in [0.29, 0.717) is 28.8 Å². The molecule has 9 heteroatoms. The van der Waals surface area contributed by atoms with Gasteiger partial charge in [-0.05, 0) is 38.1 Å². The summed E-state index contributed by atoms with van der Waals surface area (Å²) in [5.74, 6) is 0.595.